The second kappa shape index (κ2) is 12.1. The van der Waals surface area contributed by atoms with Gasteiger partial charge in [0.15, 0.2) is 0 Å². The van der Waals surface area contributed by atoms with Crippen LogP contribution in [0.2, 0.25) is 0 Å². The zero-order chi connectivity index (χ0) is 30.1. The van der Waals surface area contributed by atoms with E-state index in [9.17, 15) is 19.5 Å². The predicted octanol–water partition coefficient (Wildman–Crippen LogP) is 4.50. The zero-order valence-electron chi connectivity index (χ0n) is 25.2. The number of allylic oxidation sites excluding steroid dienone is 1. The lowest BCUT2D eigenvalue weighted by molar-refractivity contribution is -0.162. The quantitative estimate of drug-likeness (QED) is 0.215. The molecule has 2 bridgehead atoms. The van der Waals surface area contributed by atoms with E-state index in [4.69, 9.17) is 9.47 Å². The lowest BCUT2D eigenvalue weighted by Gasteiger charge is -2.41. The Morgan fingerprint density at radius 3 is 2.59 bits per heavy atom. The van der Waals surface area contributed by atoms with Crippen molar-refractivity contribution < 1.29 is 29.0 Å². The fourth-order valence-electron chi connectivity index (χ4n) is 7.36. The number of carbonyl (C=O) groups is 3. The van der Waals surface area contributed by atoms with Gasteiger partial charge in [-0.3, -0.25) is 14.4 Å². The molecule has 1 spiro atoms. The van der Waals surface area contributed by atoms with Gasteiger partial charge in [-0.25, -0.2) is 0 Å². The van der Waals surface area contributed by atoms with Gasteiger partial charge in [0.25, 0.3) is 5.91 Å². The number of ether oxygens (including phenoxy) is 2. The van der Waals surface area contributed by atoms with E-state index < -0.39 is 41.1 Å². The van der Waals surface area contributed by atoms with Crippen LogP contribution in [0.5, 0.6) is 0 Å². The molecule has 0 aliphatic carbocycles. The molecule has 3 fully saturated rings. The van der Waals surface area contributed by atoms with Gasteiger partial charge in [0, 0.05) is 12.2 Å². The van der Waals surface area contributed by atoms with Crippen LogP contribution in [0.3, 0.4) is 0 Å². The number of amides is 2. The Labute approximate surface area is 244 Å². The van der Waals surface area contributed by atoms with Gasteiger partial charge >= 0.3 is 5.97 Å². The third kappa shape index (κ3) is 5.03. The minimum absolute atomic E-state index is 0.135. The van der Waals surface area contributed by atoms with Gasteiger partial charge in [0.05, 0.1) is 30.8 Å². The highest BCUT2D eigenvalue weighted by Crippen LogP contribution is 2.65. The summed E-state index contributed by atoms with van der Waals surface area (Å²) in [4.78, 5) is 46.2. The number of aryl methyl sites for hydroxylation is 2. The molecule has 4 rings (SSSR count). The summed E-state index contributed by atoms with van der Waals surface area (Å²) in [6, 6.07) is 4.30. The van der Waals surface area contributed by atoms with E-state index in [-0.39, 0.29) is 37.5 Å². The van der Waals surface area contributed by atoms with Gasteiger partial charge in [-0.05, 0) is 69.1 Å². The number of anilines is 1. The van der Waals surface area contributed by atoms with E-state index in [1.54, 1.807) is 22.0 Å². The molecule has 224 valence electrons. The lowest BCUT2D eigenvalue weighted by Crippen LogP contribution is -2.60. The molecule has 0 radical (unpaired) electrons. The highest BCUT2D eigenvalue weighted by molar-refractivity contribution is 6.05. The summed E-state index contributed by atoms with van der Waals surface area (Å²) in [5.41, 5.74) is 0.578. The Bertz CT molecular complexity index is 1200. The number of esters is 1. The van der Waals surface area contributed by atoms with E-state index in [1.165, 1.54) is 0 Å². The van der Waals surface area contributed by atoms with Crippen molar-refractivity contribution in [3.8, 4) is 0 Å². The summed E-state index contributed by atoms with van der Waals surface area (Å²) in [5, 5.41) is 10.5. The van der Waals surface area contributed by atoms with Gasteiger partial charge < -0.3 is 24.4 Å². The van der Waals surface area contributed by atoms with Crippen molar-refractivity contribution in [2.45, 2.75) is 90.0 Å². The number of benzene rings is 1. The smallest absolute Gasteiger partial charge is 0.312 e. The summed E-state index contributed by atoms with van der Waals surface area (Å²) in [6.07, 6.45) is 6.35. The summed E-state index contributed by atoms with van der Waals surface area (Å²) < 4.78 is 12.6. The van der Waals surface area contributed by atoms with Gasteiger partial charge in [0.2, 0.25) is 5.91 Å². The van der Waals surface area contributed by atoms with Crippen molar-refractivity contribution in [2.75, 3.05) is 24.7 Å². The molecule has 3 aliphatic rings. The molecule has 0 saturated carbocycles. The van der Waals surface area contributed by atoms with E-state index in [1.807, 2.05) is 52.8 Å². The molecule has 1 N–H and O–H groups in total. The number of aliphatic hydroxyl groups excluding tert-OH is 1. The highest BCUT2D eigenvalue weighted by atomic mass is 16.6. The van der Waals surface area contributed by atoms with Crippen LogP contribution in [-0.2, 0) is 23.9 Å². The summed E-state index contributed by atoms with van der Waals surface area (Å²) in [7, 11) is 0. The molecule has 8 heteroatoms. The fourth-order valence-corrected chi connectivity index (χ4v) is 7.36. The average molecular weight is 567 g/mol. The van der Waals surface area contributed by atoms with Crippen LogP contribution in [0.15, 0.2) is 43.5 Å². The second-order valence-electron chi connectivity index (χ2n) is 12.2. The first-order valence-electron chi connectivity index (χ1n) is 14.9. The molecule has 3 heterocycles. The zero-order valence-corrected chi connectivity index (χ0v) is 25.2. The monoisotopic (exact) mass is 566 g/mol. The second-order valence-corrected chi connectivity index (χ2v) is 12.2. The van der Waals surface area contributed by atoms with E-state index in [0.29, 0.717) is 32.1 Å². The Morgan fingerprint density at radius 2 is 1.98 bits per heavy atom. The first kappa shape index (κ1) is 31.0. The van der Waals surface area contributed by atoms with Crippen molar-refractivity contribution in [3.63, 3.8) is 0 Å². The van der Waals surface area contributed by atoms with Crippen molar-refractivity contribution >= 4 is 23.5 Å². The molecule has 3 aliphatic heterocycles. The number of likely N-dealkylation sites (tertiary alicyclic amines) is 1. The van der Waals surface area contributed by atoms with Gasteiger partial charge in [-0.15, -0.1) is 13.2 Å². The number of carbonyl (C=O) groups excluding carboxylic acids is 3. The molecule has 8 nitrogen and oxygen atoms in total. The minimum Gasteiger partial charge on any atom is -0.465 e. The molecule has 1 aromatic carbocycles. The molecule has 3 saturated heterocycles. The highest BCUT2D eigenvalue weighted by Gasteiger charge is 2.79. The molecule has 2 amide bonds. The number of hydrogen-bond acceptors (Lipinski definition) is 6. The topological polar surface area (TPSA) is 96.4 Å². The van der Waals surface area contributed by atoms with Crippen LogP contribution in [0.4, 0.5) is 5.69 Å². The summed E-state index contributed by atoms with van der Waals surface area (Å²) in [5.74, 6) is -2.89. The third-order valence-electron chi connectivity index (χ3n) is 9.45. The summed E-state index contributed by atoms with van der Waals surface area (Å²) in [6.45, 7) is 17.5. The van der Waals surface area contributed by atoms with Crippen molar-refractivity contribution in [2.24, 2.45) is 17.8 Å². The van der Waals surface area contributed by atoms with Gasteiger partial charge in [-0.1, -0.05) is 45.1 Å². The number of unbranched alkanes of at least 4 members (excludes halogenated alkanes) is 1. The number of fused-ring (bicyclic) bond motifs is 1. The van der Waals surface area contributed by atoms with E-state index in [2.05, 4.69) is 13.2 Å². The number of hydrogen-bond donors (Lipinski definition) is 1. The molecule has 1 aromatic rings. The SMILES string of the molecule is C=CCCCOC(=O)[C@H]1[C@H]2C(=O)N([C@@H](CO)C(C)C)C(C(=O)N(CC=C)c3cc(C)ccc3C)C23CC[C@]1(CC)O3. The lowest BCUT2D eigenvalue weighted by atomic mass is 9.65. The van der Waals surface area contributed by atoms with Crippen LogP contribution in [0, 0.1) is 31.6 Å². The van der Waals surface area contributed by atoms with Crippen LogP contribution in [0.1, 0.15) is 64.0 Å². The molecule has 2 unspecified atom stereocenters. The normalized spacial score (nSPS) is 29.0. The maximum atomic E-state index is 14.8. The van der Waals surface area contributed by atoms with Crippen molar-refractivity contribution in [3.05, 3.63) is 54.6 Å². The molecule has 6 atom stereocenters. The molecular formula is C33H46N2O6. The molecule has 0 aromatic heterocycles. The van der Waals surface area contributed by atoms with Crippen molar-refractivity contribution in [1.29, 1.82) is 0 Å². The van der Waals surface area contributed by atoms with Crippen LogP contribution >= 0.6 is 0 Å². The van der Waals surface area contributed by atoms with Crippen LogP contribution < -0.4 is 4.90 Å². The average Bonchev–Trinajstić information content (AvgIpc) is 3.55. The Hall–Kier alpha value is -2.97. The maximum absolute atomic E-state index is 14.8. The predicted molar refractivity (Wildman–Crippen MR) is 158 cm³/mol. The Kier molecular flexibility index (Phi) is 9.14. The summed E-state index contributed by atoms with van der Waals surface area (Å²) >= 11 is 0. The maximum Gasteiger partial charge on any atom is 0.312 e. The number of aliphatic hydroxyl groups is 1. The molecule has 41 heavy (non-hydrogen) atoms. The number of rotatable bonds is 13. The Morgan fingerprint density at radius 1 is 1.24 bits per heavy atom. The Balaban J connectivity index is 1.84. The first-order valence-corrected chi connectivity index (χ1v) is 14.9. The molecular weight excluding hydrogens is 520 g/mol. The third-order valence-corrected chi connectivity index (χ3v) is 9.45. The largest absolute Gasteiger partial charge is 0.465 e. The standard InChI is InChI=1S/C33H46N2O6/c1-8-11-12-18-40-31(39)27-26-29(37)35(25(20-36)21(4)5)28(33(26)16-15-32(27,10-3)41-33)30(38)34(17-9-2)24-19-22(6)13-14-23(24)7/h8-9,13-14,19,21,25-28,36H,1-2,10-12,15-18,20H2,3-7H3/t25-,26-,27+,28?,32-,33?/m0/s1. The van der Waals surface area contributed by atoms with E-state index in [0.717, 1.165) is 16.8 Å². The van der Waals surface area contributed by atoms with E-state index >= 15 is 0 Å². The number of nitrogens with zero attached hydrogens (tertiary/aromatic N) is 2. The fraction of sp³-hybridized carbons (Fsp3) is 0.606. The van der Waals surface area contributed by atoms with Crippen LogP contribution in [-0.4, -0.2) is 70.8 Å². The van der Waals surface area contributed by atoms with Gasteiger partial charge in [-0.2, -0.15) is 0 Å². The minimum atomic E-state index is -1.20. The first-order chi connectivity index (χ1) is 19.5. The van der Waals surface area contributed by atoms with Crippen LogP contribution in [0.25, 0.3) is 0 Å². The van der Waals surface area contributed by atoms with Gasteiger partial charge in [0.1, 0.15) is 17.6 Å². The van der Waals surface area contributed by atoms with Crippen molar-refractivity contribution in [1.82, 2.24) is 4.90 Å².